The molecule has 0 atom stereocenters. The van der Waals surface area contributed by atoms with Crippen molar-refractivity contribution >= 4 is 11.2 Å². The Balaban J connectivity index is 1.87. The Labute approximate surface area is 113 Å². The van der Waals surface area contributed by atoms with E-state index in [1.165, 1.54) is 38.5 Å². The highest BCUT2D eigenvalue weighted by Crippen LogP contribution is 2.31. The van der Waals surface area contributed by atoms with Gasteiger partial charge in [-0.15, -0.1) is 0 Å². The number of nitrogens with one attached hydrogen (secondary N) is 1. The monoisotopic (exact) mass is 259 g/mol. The molecule has 0 bridgehead atoms. The van der Waals surface area contributed by atoms with Gasteiger partial charge in [0.05, 0.1) is 12.1 Å². The molecule has 102 valence electrons. The Bertz CT molecular complexity index is 541. The highest BCUT2D eigenvalue weighted by atomic mass is 16.5. The van der Waals surface area contributed by atoms with Gasteiger partial charge in [-0.1, -0.05) is 25.7 Å². The Hall–Kier alpha value is -1.58. The fourth-order valence-corrected chi connectivity index (χ4v) is 2.87. The number of aromatic amines is 1. The second kappa shape index (κ2) is 5.59. The lowest BCUT2D eigenvalue weighted by Gasteiger charge is -2.09. The fraction of sp³-hybridized carbons (Fsp3) is 0.600. The molecular formula is C15H21N3O. The van der Waals surface area contributed by atoms with Gasteiger partial charge >= 0.3 is 0 Å². The normalized spacial score (nSPS) is 17.5. The molecule has 0 amide bonds. The number of rotatable bonds is 3. The summed E-state index contributed by atoms with van der Waals surface area (Å²) in [7, 11) is 0. The van der Waals surface area contributed by atoms with E-state index in [0.717, 1.165) is 17.0 Å². The van der Waals surface area contributed by atoms with Crippen LogP contribution in [0.2, 0.25) is 0 Å². The minimum absolute atomic E-state index is 0.576. The molecule has 0 aromatic carbocycles. The molecule has 2 heterocycles. The van der Waals surface area contributed by atoms with Crippen LogP contribution < -0.4 is 4.74 Å². The number of aromatic nitrogens is 3. The molecule has 0 saturated heterocycles. The lowest BCUT2D eigenvalue weighted by atomic mass is 10.00. The second-order valence-electron chi connectivity index (χ2n) is 5.26. The van der Waals surface area contributed by atoms with Crippen molar-refractivity contribution in [3.8, 4) is 5.88 Å². The van der Waals surface area contributed by atoms with E-state index in [1.54, 1.807) is 0 Å². The summed E-state index contributed by atoms with van der Waals surface area (Å²) >= 11 is 0. The summed E-state index contributed by atoms with van der Waals surface area (Å²) < 4.78 is 5.42. The van der Waals surface area contributed by atoms with Crippen LogP contribution in [0, 0.1) is 0 Å². The van der Waals surface area contributed by atoms with Crippen molar-refractivity contribution in [3.05, 3.63) is 18.0 Å². The summed E-state index contributed by atoms with van der Waals surface area (Å²) in [6, 6.07) is 3.92. The molecule has 0 radical (unpaired) electrons. The molecule has 1 aliphatic rings. The number of pyridine rings is 1. The number of ether oxygens (including phenoxy) is 1. The summed E-state index contributed by atoms with van der Waals surface area (Å²) in [5.41, 5.74) is 1.80. The van der Waals surface area contributed by atoms with Gasteiger partial charge in [0.25, 0.3) is 0 Å². The zero-order valence-electron chi connectivity index (χ0n) is 11.5. The van der Waals surface area contributed by atoms with Crippen LogP contribution in [0.15, 0.2) is 12.1 Å². The predicted octanol–water partition coefficient (Wildman–Crippen LogP) is 3.79. The maximum atomic E-state index is 5.42. The molecule has 2 aromatic heterocycles. The van der Waals surface area contributed by atoms with Crippen LogP contribution in [0.4, 0.5) is 0 Å². The highest BCUT2D eigenvalue weighted by molar-refractivity contribution is 5.71. The third-order valence-corrected chi connectivity index (χ3v) is 3.87. The fourth-order valence-electron chi connectivity index (χ4n) is 2.87. The van der Waals surface area contributed by atoms with Crippen LogP contribution in [-0.4, -0.2) is 21.6 Å². The number of fused-ring (bicyclic) bond motifs is 1. The van der Waals surface area contributed by atoms with Crippen molar-refractivity contribution in [3.63, 3.8) is 0 Å². The van der Waals surface area contributed by atoms with Crippen molar-refractivity contribution in [1.29, 1.82) is 0 Å². The maximum absolute atomic E-state index is 5.42. The average Bonchev–Trinajstić information content (AvgIpc) is 2.65. The molecule has 2 aromatic rings. The first-order valence-electron chi connectivity index (χ1n) is 7.36. The summed E-state index contributed by atoms with van der Waals surface area (Å²) in [6.45, 7) is 2.60. The van der Waals surface area contributed by atoms with Crippen LogP contribution >= 0.6 is 0 Å². The summed E-state index contributed by atoms with van der Waals surface area (Å²) in [6.07, 6.45) is 7.86. The Morgan fingerprint density at radius 3 is 2.68 bits per heavy atom. The predicted molar refractivity (Wildman–Crippen MR) is 75.5 cm³/mol. The quantitative estimate of drug-likeness (QED) is 0.853. The van der Waals surface area contributed by atoms with E-state index in [1.807, 2.05) is 19.1 Å². The maximum Gasteiger partial charge on any atom is 0.215 e. The highest BCUT2D eigenvalue weighted by Gasteiger charge is 2.18. The zero-order valence-corrected chi connectivity index (χ0v) is 11.5. The van der Waals surface area contributed by atoms with E-state index < -0.39 is 0 Å². The van der Waals surface area contributed by atoms with E-state index in [4.69, 9.17) is 4.74 Å². The Morgan fingerprint density at radius 2 is 1.95 bits per heavy atom. The molecule has 19 heavy (non-hydrogen) atoms. The van der Waals surface area contributed by atoms with Crippen molar-refractivity contribution < 1.29 is 4.74 Å². The molecule has 4 heteroatoms. The molecule has 4 nitrogen and oxygen atoms in total. The third kappa shape index (κ3) is 2.72. The van der Waals surface area contributed by atoms with Gasteiger partial charge in [-0.3, -0.25) is 0 Å². The zero-order chi connectivity index (χ0) is 13.1. The molecule has 1 aliphatic carbocycles. The van der Waals surface area contributed by atoms with Gasteiger partial charge in [0.2, 0.25) is 5.88 Å². The number of H-pyrrole nitrogens is 1. The standard InChI is InChI=1S/C15H21N3O/c1-2-19-13-10-9-12-15(17-13)18-14(16-12)11-7-5-3-4-6-8-11/h9-11H,2-8H2,1H3,(H,16,17,18). The number of nitrogens with zero attached hydrogens (tertiary/aromatic N) is 2. The van der Waals surface area contributed by atoms with Gasteiger partial charge in [-0.25, -0.2) is 4.98 Å². The van der Waals surface area contributed by atoms with Crippen molar-refractivity contribution in [2.45, 2.75) is 51.4 Å². The van der Waals surface area contributed by atoms with Gasteiger partial charge in [-0.2, -0.15) is 4.98 Å². The van der Waals surface area contributed by atoms with Crippen LogP contribution in [0.3, 0.4) is 0 Å². The summed E-state index contributed by atoms with van der Waals surface area (Å²) in [5.74, 6) is 2.35. The smallest absolute Gasteiger partial charge is 0.215 e. The molecule has 1 fully saturated rings. The number of hydrogen-bond donors (Lipinski definition) is 1. The molecule has 0 aliphatic heterocycles. The van der Waals surface area contributed by atoms with Gasteiger partial charge < -0.3 is 9.72 Å². The van der Waals surface area contributed by atoms with Crippen LogP contribution in [-0.2, 0) is 0 Å². The van der Waals surface area contributed by atoms with Gasteiger partial charge in [0.1, 0.15) is 5.82 Å². The Kier molecular flexibility index (Phi) is 3.67. The van der Waals surface area contributed by atoms with E-state index in [-0.39, 0.29) is 0 Å². The molecule has 3 rings (SSSR count). The van der Waals surface area contributed by atoms with Crippen molar-refractivity contribution in [1.82, 2.24) is 15.0 Å². The third-order valence-electron chi connectivity index (χ3n) is 3.87. The first-order chi connectivity index (χ1) is 9.36. The van der Waals surface area contributed by atoms with Gasteiger partial charge in [0.15, 0.2) is 5.65 Å². The number of imidazole rings is 1. The van der Waals surface area contributed by atoms with Gasteiger partial charge in [-0.05, 0) is 25.8 Å². The topological polar surface area (TPSA) is 50.8 Å². The summed E-state index contributed by atoms with van der Waals surface area (Å²) in [5, 5.41) is 0. The molecule has 1 N–H and O–H groups in total. The van der Waals surface area contributed by atoms with Crippen LogP contribution in [0.1, 0.15) is 57.2 Å². The van der Waals surface area contributed by atoms with Crippen LogP contribution in [0.25, 0.3) is 11.2 Å². The minimum Gasteiger partial charge on any atom is -0.478 e. The molecule has 0 spiro atoms. The Morgan fingerprint density at radius 1 is 1.16 bits per heavy atom. The van der Waals surface area contributed by atoms with E-state index in [0.29, 0.717) is 18.4 Å². The SMILES string of the molecule is CCOc1ccc2[nH]c(C3CCCCCC3)nc2n1. The molecule has 1 saturated carbocycles. The van der Waals surface area contributed by atoms with Crippen molar-refractivity contribution in [2.75, 3.05) is 6.61 Å². The molecular weight excluding hydrogens is 238 g/mol. The lowest BCUT2D eigenvalue weighted by molar-refractivity contribution is 0.328. The first-order valence-corrected chi connectivity index (χ1v) is 7.36. The van der Waals surface area contributed by atoms with E-state index >= 15 is 0 Å². The minimum atomic E-state index is 0.576. The van der Waals surface area contributed by atoms with E-state index in [2.05, 4.69) is 15.0 Å². The first kappa shape index (κ1) is 12.5. The van der Waals surface area contributed by atoms with Crippen molar-refractivity contribution in [2.24, 2.45) is 0 Å². The largest absolute Gasteiger partial charge is 0.478 e. The molecule has 0 unspecified atom stereocenters. The van der Waals surface area contributed by atoms with E-state index in [9.17, 15) is 0 Å². The summed E-state index contributed by atoms with van der Waals surface area (Å²) in [4.78, 5) is 12.5. The van der Waals surface area contributed by atoms with Gasteiger partial charge in [0, 0.05) is 12.0 Å². The second-order valence-corrected chi connectivity index (χ2v) is 5.26. The number of hydrogen-bond acceptors (Lipinski definition) is 3. The van der Waals surface area contributed by atoms with Crippen LogP contribution in [0.5, 0.6) is 5.88 Å². The average molecular weight is 259 g/mol. The lowest BCUT2D eigenvalue weighted by Crippen LogP contribution is -1.99.